The Morgan fingerprint density at radius 1 is 1.21 bits per heavy atom. The van der Waals surface area contributed by atoms with Crippen molar-refractivity contribution in [3.05, 3.63) is 52.9 Å². The summed E-state index contributed by atoms with van der Waals surface area (Å²) in [4.78, 5) is 17.5. The van der Waals surface area contributed by atoms with E-state index < -0.39 is 12.5 Å². The van der Waals surface area contributed by atoms with Crippen LogP contribution in [-0.2, 0) is 7.05 Å². The molecule has 2 heterocycles. The van der Waals surface area contributed by atoms with Gasteiger partial charge in [0.15, 0.2) is 11.8 Å². The first kappa shape index (κ1) is 20.1. The van der Waals surface area contributed by atoms with E-state index in [1.807, 2.05) is 6.92 Å². The number of nitrogens with zero attached hydrogens (tertiary/aromatic N) is 4. The number of ether oxygens (including phenoxy) is 1. The van der Waals surface area contributed by atoms with Crippen LogP contribution >= 0.6 is 11.8 Å². The molecular weight excluding hydrogens is 386 g/mol. The zero-order valence-electron chi connectivity index (χ0n) is 15.7. The molecular formula is C19H20F2N4O2S. The molecule has 0 spiro atoms. The highest BCUT2D eigenvalue weighted by Crippen LogP contribution is 2.24. The van der Waals surface area contributed by atoms with Gasteiger partial charge in [0.2, 0.25) is 0 Å². The Morgan fingerprint density at radius 2 is 1.93 bits per heavy atom. The number of alkyl halides is 2. The minimum Gasteiger partial charge on any atom is -0.487 e. The summed E-state index contributed by atoms with van der Waals surface area (Å²) in [6, 6.07) is 9.66. The number of hydrogen-bond acceptors (Lipinski definition) is 5. The third-order valence-corrected chi connectivity index (χ3v) is 4.65. The number of thioether (sulfide) groups is 1. The molecule has 0 aliphatic carbocycles. The van der Waals surface area contributed by atoms with E-state index in [2.05, 4.69) is 10.1 Å². The van der Waals surface area contributed by atoms with Crippen molar-refractivity contribution in [2.45, 2.75) is 24.9 Å². The summed E-state index contributed by atoms with van der Waals surface area (Å²) >= 11 is 1.44. The summed E-state index contributed by atoms with van der Waals surface area (Å²) in [5.74, 6) is -1.87. The van der Waals surface area contributed by atoms with E-state index in [1.54, 1.807) is 48.3 Å². The predicted octanol–water partition coefficient (Wildman–Crippen LogP) is 3.78. The van der Waals surface area contributed by atoms with Gasteiger partial charge in [0.25, 0.3) is 11.5 Å². The second kappa shape index (κ2) is 8.14. The SMILES string of the molecule is CCSc1nc(-c2ccnn2C)cc(=O)n1-c1ccc(OCC(C)(F)F)cc1. The molecule has 0 saturated heterocycles. The van der Waals surface area contributed by atoms with Gasteiger partial charge < -0.3 is 4.74 Å². The average Bonchev–Trinajstić information content (AvgIpc) is 3.06. The predicted molar refractivity (Wildman–Crippen MR) is 105 cm³/mol. The first-order valence-electron chi connectivity index (χ1n) is 8.65. The highest BCUT2D eigenvalue weighted by atomic mass is 32.2. The molecule has 9 heteroatoms. The summed E-state index contributed by atoms with van der Waals surface area (Å²) in [5, 5.41) is 4.66. The molecule has 148 valence electrons. The molecule has 3 rings (SSSR count). The lowest BCUT2D eigenvalue weighted by atomic mass is 10.2. The molecule has 1 aromatic carbocycles. The zero-order valence-corrected chi connectivity index (χ0v) is 16.5. The maximum atomic E-state index is 12.9. The van der Waals surface area contributed by atoms with E-state index >= 15 is 0 Å². The minimum atomic E-state index is -2.91. The number of hydrogen-bond donors (Lipinski definition) is 0. The highest BCUT2D eigenvalue weighted by Gasteiger charge is 2.22. The lowest BCUT2D eigenvalue weighted by Gasteiger charge is -2.14. The second-order valence-corrected chi connectivity index (χ2v) is 7.45. The van der Waals surface area contributed by atoms with Gasteiger partial charge in [-0.05, 0) is 36.1 Å². The van der Waals surface area contributed by atoms with E-state index in [-0.39, 0.29) is 5.56 Å². The summed E-state index contributed by atoms with van der Waals surface area (Å²) in [5.41, 5.74) is 1.63. The van der Waals surface area contributed by atoms with Gasteiger partial charge in [-0.3, -0.25) is 14.0 Å². The molecule has 0 aliphatic rings. The van der Waals surface area contributed by atoms with E-state index in [0.29, 0.717) is 22.3 Å². The van der Waals surface area contributed by atoms with Crippen molar-refractivity contribution in [3.63, 3.8) is 0 Å². The van der Waals surface area contributed by atoms with Gasteiger partial charge >= 0.3 is 0 Å². The largest absolute Gasteiger partial charge is 0.487 e. The lowest BCUT2D eigenvalue weighted by molar-refractivity contribution is -0.0229. The third-order valence-electron chi connectivity index (χ3n) is 3.83. The summed E-state index contributed by atoms with van der Waals surface area (Å²) in [6.45, 7) is 2.06. The number of aryl methyl sites for hydroxylation is 1. The molecule has 0 bridgehead atoms. The third kappa shape index (κ3) is 4.59. The number of halogens is 2. The van der Waals surface area contributed by atoms with Crippen molar-refractivity contribution in [3.8, 4) is 22.8 Å². The number of rotatable bonds is 7. The quantitative estimate of drug-likeness (QED) is 0.441. The fraction of sp³-hybridized carbons (Fsp3) is 0.316. The van der Waals surface area contributed by atoms with Gasteiger partial charge in [-0.15, -0.1) is 0 Å². The Labute approximate surface area is 165 Å². The van der Waals surface area contributed by atoms with Crippen LogP contribution in [0.4, 0.5) is 8.78 Å². The van der Waals surface area contributed by atoms with E-state index in [0.717, 1.165) is 18.4 Å². The van der Waals surface area contributed by atoms with Crippen LogP contribution in [0.25, 0.3) is 17.1 Å². The fourth-order valence-corrected chi connectivity index (χ4v) is 3.33. The van der Waals surface area contributed by atoms with Crippen molar-refractivity contribution in [2.24, 2.45) is 7.05 Å². The standard InChI is InChI=1S/C19H20F2N4O2S/c1-4-28-18-23-15(16-9-10-22-24(16)3)11-17(26)25(18)13-5-7-14(8-6-13)27-12-19(2,20)21/h5-11H,4,12H2,1-3H3. The Balaban J connectivity index is 1.97. The summed E-state index contributed by atoms with van der Waals surface area (Å²) < 4.78 is 34.1. The van der Waals surface area contributed by atoms with Crippen LogP contribution in [0.2, 0.25) is 0 Å². The zero-order chi connectivity index (χ0) is 20.3. The van der Waals surface area contributed by atoms with E-state index in [1.165, 1.54) is 22.4 Å². The molecule has 0 radical (unpaired) electrons. The van der Waals surface area contributed by atoms with Crippen molar-refractivity contribution in [2.75, 3.05) is 12.4 Å². The number of aromatic nitrogens is 4. The Morgan fingerprint density at radius 3 is 2.50 bits per heavy atom. The lowest BCUT2D eigenvalue weighted by Crippen LogP contribution is -2.22. The highest BCUT2D eigenvalue weighted by molar-refractivity contribution is 7.99. The van der Waals surface area contributed by atoms with E-state index in [9.17, 15) is 13.6 Å². The summed E-state index contributed by atoms with van der Waals surface area (Å²) in [7, 11) is 1.79. The molecule has 0 unspecified atom stereocenters. The smallest absolute Gasteiger partial charge is 0.278 e. The molecule has 3 aromatic rings. The fourth-order valence-electron chi connectivity index (χ4n) is 2.58. The molecule has 0 amide bonds. The molecule has 2 aromatic heterocycles. The molecule has 0 aliphatic heterocycles. The van der Waals surface area contributed by atoms with Gasteiger partial charge in [0.05, 0.1) is 17.1 Å². The number of benzene rings is 1. The first-order valence-corrected chi connectivity index (χ1v) is 9.63. The van der Waals surface area contributed by atoms with Crippen LogP contribution in [0.5, 0.6) is 5.75 Å². The van der Waals surface area contributed by atoms with Gasteiger partial charge in [-0.25, -0.2) is 13.8 Å². The first-order chi connectivity index (χ1) is 13.3. The Kier molecular flexibility index (Phi) is 5.83. The van der Waals surface area contributed by atoms with Crippen LogP contribution in [0.3, 0.4) is 0 Å². The molecule has 0 N–H and O–H groups in total. The van der Waals surface area contributed by atoms with Gasteiger partial charge in [-0.2, -0.15) is 5.10 Å². The van der Waals surface area contributed by atoms with Crippen LogP contribution in [0.15, 0.2) is 52.5 Å². The van der Waals surface area contributed by atoms with E-state index in [4.69, 9.17) is 4.74 Å². The molecule has 28 heavy (non-hydrogen) atoms. The Hall–Kier alpha value is -2.68. The van der Waals surface area contributed by atoms with Gasteiger partial charge in [0.1, 0.15) is 5.75 Å². The topological polar surface area (TPSA) is 61.9 Å². The van der Waals surface area contributed by atoms with Gasteiger partial charge in [0, 0.05) is 26.2 Å². The molecule has 0 atom stereocenters. The van der Waals surface area contributed by atoms with Crippen LogP contribution in [0, 0.1) is 0 Å². The Bertz CT molecular complexity index is 1010. The van der Waals surface area contributed by atoms with Crippen LogP contribution in [-0.4, -0.2) is 37.6 Å². The second-order valence-electron chi connectivity index (χ2n) is 6.22. The monoisotopic (exact) mass is 406 g/mol. The van der Waals surface area contributed by atoms with Crippen molar-refractivity contribution < 1.29 is 13.5 Å². The maximum Gasteiger partial charge on any atom is 0.278 e. The van der Waals surface area contributed by atoms with Crippen molar-refractivity contribution in [1.29, 1.82) is 0 Å². The summed E-state index contributed by atoms with van der Waals surface area (Å²) in [6.07, 6.45) is 1.65. The normalized spacial score (nSPS) is 11.6. The van der Waals surface area contributed by atoms with Gasteiger partial charge in [-0.1, -0.05) is 18.7 Å². The molecule has 0 saturated carbocycles. The van der Waals surface area contributed by atoms with Crippen molar-refractivity contribution in [1.82, 2.24) is 19.3 Å². The minimum absolute atomic E-state index is 0.240. The average molecular weight is 406 g/mol. The maximum absolute atomic E-state index is 12.9. The molecule has 0 fully saturated rings. The van der Waals surface area contributed by atoms with Crippen molar-refractivity contribution >= 4 is 11.8 Å². The molecule has 6 nitrogen and oxygen atoms in total. The van der Waals surface area contributed by atoms with Crippen LogP contribution < -0.4 is 10.3 Å². The van der Waals surface area contributed by atoms with Crippen LogP contribution in [0.1, 0.15) is 13.8 Å².